The number of rotatable bonds is 6. The maximum atomic E-state index is 12.2. The highest BCUT2D eigenvalue weighted by atomic mass is 79.9. The van der Waals surface area contributed by atoms with E-state index in [1.54, 1.807) is 7.11 Å². The van der Waals surface area contributed by atoms with E-state index in [9.17, 15) is 4.79 Å². The van der Waals surface area contributed by atoms with Gasteiger partial charge in [-0.15, -0.1) is 11.6 Å². The van der Waals surface area contributed by atoms with Gasteiger partial charge in [0, 0.05) is 18.1 Å². The first-order valence-electron chi connectivity index (χ1n) is 6.57. The summed E-state index contributed by atoms with van der Waals surface area (Å²) in [6.45, 7) is 2.80. The molecule has 0 saturated carbocycles. The van der Waals surface area contributed by atoms with E-state index in [1.807, 2.05) is 29.7 Å². The van der Waals surface area contributed by atoms with Gasteiger partial charge in [-0.25, -0.2) is 4.98 Å². The van der Waals surface area contributed by atoms with E-state index in [4.69, 9.17) is 16.3 Å². The van der Waals surface area contributed by atoms with Crippen molar-refractivity contribution in [2.75, 3.05) is 20.3 Å². The number of nitrogens with one attached hydrogen (secondary N) is 1. The molecule has 0 saturated heterocycles. The van der Waals surface area contributed by atoms with Gasteiger partial charge in [-0.3, -0.25) is 4.79 Å². The van der Waals surface area contributed by atoms with Crippen molar-refractivity contribution in [2.24, 2.45) is 0 Å². The van der Waals surface area contributed by atoms with Crippen molar-refractivity contribution >= 4 is 44.5 Å². The number of carbonyl (C=O) groups is 1. The molecular weight excluding hydrogens is 358 g/mol. The smallest absolute Gasteiger partial charge is 0.242 e. The van der Waals surface area contributed by atoms with E-state index in [-0.39, 0.29) is 11.8 Å². The maximum Gasteiger partial charge on any atom is 0.242 e. The van der Waals surface area contributed by atoms with Crippen LogP contribution < -0.4 is 5.32 Å². The van der Waals surface area contributed by atoms with Crippen molar-refractivity contribution in [1.29, 1.82) is 0 Å². The Morgan fingerprint density at radius 2 is 2.33 bits per heavy atom. The van der Waals surface area contributed by atoms with Gasteiger partial charge in [0.25, 0.3) is 0 Å². The average Bonchev–Trinajstić information content (AvgIpc) is 2.84. The largest absolute Gasteiger partial charge is 0.383 e. The second-order valence-electron chi connectivity index (χ2n) is 4.62. The number of alkyl halides is 1. The number of benzene rings is 1. The molecule has 1 heterocycles. The van der Waals surface area contributed by atoms with Gasteiger partial charge in [0.2, 0.25) is 5.91 Å². The van der Waals surface area contributed by atoms with E-state index in [1.165, 1.54) is 0 Å². The molecule has 1 aromatic carbocycles. The molecule has 2 aromatic rings. The molecule has 0 aliphatic carbocycles. The van der Waals surface area contributed by atoms with Gasteiger partial charge in [0.05, 0.1) is 23.5 Å². The molecule has 1 aromatic heterocycles. The van der Waals surface area contributed by atoms with Crippen LogP contribution in [0.15, 0.2) is 22.7 Å². The molecule has 0 bridgehead atoms. The Morgan fingerprint density at radius 1 is 1.57 bits per heavy atom. The lowest BCUT2D eigenvalue weighted by atomic mass is 10.2. The third-order valence-electron chi connectivity index (χ3n) is 3.22. The number of ether oxygens (including phenoxy) is 1. The van der Waals surface area contributed by atoms with Crippen LogP contribution in [0, 0.1) is 0 Å². The van der Waals surface area contributed by atoms with Crippen LogP contribution in [0.5, 0.6) is 0 Å². The first kappa shape index (κ1) is 16.3. The fraction of sp³-hybridized carbons (Fsp3) is 0.429. The van der Waals surface area contributed by atoms with E-state index < -0.39 is 6.04 Å². The molecule has 0 spiro atoms. The summed E-state index contributed by atoms with van der Waals surface area (Å²) in [5.41, 5.74) is 1.71. The summed E-state index contributed by atoms with van der Waals surface area (Å²) in [4.78, 5) is 16.7. The molecular formula is C14H17BrClN3O2. The van der Waals surface area contributed by atoms with Crippen molar-refractivity contribution in [1.82, 2.24) is 14.9 Å². The third kappa shape index (κ3) is 3.56. The molecule has 2 rings (SSSR count). The van der Waals surface area contributed by atoms with Crippen LogP contribution in [0.4, 0.5) is 0 Å². The van der Waals surface area contributed by atoms with Gasteiger partial charge in [0.1, 0.15) is 11.9 Å². The number of hydrogen-bond acceptors (Lipinski definition) is 3. The van der Waals surface area contributed by atoms with Crippen LogP contribution in [-0.2, 0) is 15.4 Å². The van der Waals surface area contributed by atoms with Crippen molar-refractivity contribution in [3.05, 3.63) is 28.5 Å². The molecule has 21 heavy (non-hydrogen) atoms. The van der Waals surface area contributed by atoms with Gasteiger partial charge >= 0.3 is 0 Å². The lowest BCUT2D eigenvalue weighted by Crippen LogP contribution is -2.33. The fourth-order valence-electron chi connectivity index (χ4n) is 2.18. The van der Waals surface area contributed by atoms with Gasteiger partial charge < -0.3 is 14.6 Å². The molecule has 0 radical (unpaired) electrons. The Bertz CT molecular complexity index is 644. The molecule has 0 aliphatic rings. The number of hydrogen-bond donors (Lipinski definition) is 1. The predicted octanol–water partition coefficient (Wildman–Crippen LogP) is 2.86. The summed E-state index contributed by atoms with van der Waals surface area (Å²) in [5.74, 6) is 0.846. The van der Waals surface area contributed by atoms with Gasteiger partial charge in [-0.2, -0.15) is 0 Å². The Morgan fingerprint density at radius 3 is 3.00 bits per heavy atom. The zero-order chi connectivity index (χ0) is 15.4. The van der Waals surface area contributed by atoms with Crippen LogP contribution in [0.25, 0.3) is 11.0 Å². The Kier molecular flexibility index (Phi) is 5.61. The monoisotopic (exact) mass is 373 g/mol. The lowest BCUT2D eigenvalue weighted by molar-refractivity contribution is -0.124. The highest BCUT2D eigenvalue weighted by molar-refractivity contribution is 9.10. The number of nitrogens with zero attached hydrogens (tertiary/aromatic N) is 2. The van der Waals surface area contributed by atoms with Crippen LogP contribution >= 0.6 is 27.5 Å². The van der Waals surface area contributed by atoms with E-state index in [0.29, 0.717) is 19.0 Å². The standard InChI is InChI=1S/C14H17BrClN3O2/c1-9(14(20)17-5-6-21-2)19-12-7-10(15)3-4-11(12)18-13(19)8-16/h3-4,7,9H,5-6,8H2,1-2H3,(H,17,20). The zero-order valence-electron chi connectivity index (χ0n) is 11.9. The van der Waals surface area contributed by atoms with E-state index in [0.717, 1.165) is 15.5 Å². The topological polar surface area (TPSA) is 56.1 Å². The molecule has 1 amide bonds. The Labute approximate surface area is 136 Å². The second kappa shape index (κ2) is 7.24. The summed E-state index contributed by atoms with van der Waals surface area (Å²) in [6.07, 6.45) is 0. The SMILES string of the molecule is COCCNC(=O)C(C)n1c(CCl)nc2ccc(Br)cc21. The quantitative estimate of drug-likeness (QED) is 0.625. The summed E-state index contributed by atoms with van der Waals surface area (Å²) in [6, 6.07) is 5.37. The van der Waals surface area contributed by atoms with Crippen LogP contribution in [0.1, 0.15) is 18.8 Å². The third-order valence-corrected chi connectivity index (χ3v) is 3.95. The summed E-state index contributed by atoms with van der Waals surface area (Å²) in [5, 5.41) is 2.83. The molecule has 1 N–H and O–H groups in total. The highest BCUT2D eigenvalue weighted by Gasteiger charge is 2.21. The van der Waals surface area contributed by atoms with Crippen molar-refractivity contribution in [3.8, 4) is 0 Å². The van der Waals surface area contributed by atoms with E-state index in [2.05, 4.69) is 26.2 Å². The molecule has 1 atom stereocenters. The molecule has 0 fully saturated rings. The summed E-state index contributed by atoms with van der Waals surface area (Å²) < 4.78 is 7.74. The fourth-order valence-corrected chi connectivity index (χ4v) is 2.72. The number of amides is 1. The number of aromatic nitrogens is 2. The van der Waals surface area contributed by atoms with Crippen LogP contribution in [-0.4, -0.2) is 35.7 Å². The number of imidazole rings is 1. The number of methoxy groups -OCH3 is 1. The normalized spacial score (nSPS) is 12.6. The first-order chi connectivity index (χ1) is 10.1. The first-order valence-corrected chi connectivity index (χ1v) is 7.90. The molecule has 1 unspecified atom stereocenters. The summed E-state index contributed by atoms with van der Waals surface area (Å²) >= 11 is 9.42. The highest BCUT2D eigenvalue weighted by Crippen LogP contribution is 2.25. The van der Waals surface area contributed by atoms with E-state index >= 15 is 0 Å². The van der Waals surface area contributed by atoms with Gasteiger partial charge in [-0.05, 0) is 25.1 Å². The van der Waals surface area contributed by atoms with Crippen molar-refractivity contribution in [2.45, 2.75) is 18.8 Å². The minimum absolute atomic E-state index is 0.0855. The van der Waals surface area contributed by atoms with Gasteiger partial charge in [-0.1, -0.05) is 15.9 Å². The molecule has 5 nitrogen and oxygen atoms in total. The molecule has 114 valence electrons. The Hall–Kier alpha value is -1.11. The number of carbonyl (C=O) groups excluding carboxylic acids is 1. The predicted molar refractivity (Wildman–Crippen MR) is 86.6 cm³/mol. The number of fused-ring (bicyclic) bond motifs is 1. The molecule has 7 heteroatoms. The van der Waals surface area contributed by atoms with Crippen LogP contribution in [0.2, 0.25) is 0 Å². The molecule has 0 aliphatic heterocycles. The minimum Gasteiger partial charge on any atom is -0.383 e. The maximum absolute atomic E-state index is 12.2. The Balaban J connectivity index is 2.34. The average molecular weight is 375 g/mol. The van der Waals surface area contributed by atoms with Gasteiger partial charge in [0.15, 0.2) is 0 Å². The lowest BCUT2D eigenvalue weighted by Gasteiger charge is -2.16. The van der Waals surface area contributed by atoms with Crippen LogP contribution in [0.3, 0.4) is 0 Å². The second-order valence-corrected chi connectivity index (χ2v) is 5.81. The minimum atomic E-state index is -0.394. The van der Waals surface area contributed by atoms with Crippen molar-refractivity contribution in [3.63, 3.8) is 0 Å². The number of halogens is 2. The van der Waals surface area contributed by atoms with Crippen molar-refractivity contribution < 1.29 is 9.53 Å². The zero-order valence-corrected chi connectivity index (χ0v) is 14.2. The summed E-state index contributed by atoms with van der Waals surface area (Å²) in [7, 11) is 1.60.